The summed E-state index contributed by atoms with van der Waals surface area (Å²) in [5, 5.41) is 5.08. The molecule has 0 aliphatic heterocycles. The van der Waals surface area contributed by atoms with Crippen LogP contribution >= 0.6 is 0 Å². The van der Waals surface area contributed by atoms with Gasteiger partial charge in [-0.3, -0.25) is 9.97 Å². The van der Waals surface area contributed by atoms with E-state index in [1.165, 1.54) is 55.1 Å². The molecule has 212 valence electrons. The van der Waals surface area contributed by atoms with Crippen molar-refractivity contribution in [3.05, 3.63) is 144 Å². The van der Waals surface area contributed by atoms with Crippen LogP contribution in [-0.4, -0.2) is 19.1 Å². The number of rotatable bonds is 4. The van der Waals surface area contributed by atoms with Gasteiger partial charge in [-0.1, -0.05) is 60.7 Å². The van der Waals surface area contributed by atoms with Gasteiger partial charge in [-0.15, -0.1) is 0 Å². The highest BCUT2D eigenvalue weighted by Crippen LogP contribution is 2.40. The lowest BCUT2D eigenvalue weighted by atomic mass is 10.0. The second-order valence-electron chi connectivity index (χ2n) is 11.6. The van der Waals surface area contributed by atoms with Crippen molar-refractivity contribution in [2.75, 3.05) is 0 Å². The molecule has 0 radical (unpaired) electrons. The van der Waals surface area contributed by atoms with Crippen LogP contribution in [0.4, 0.5) is 0 Å². The van der Waals surface area contributed by atoms with Crippen molar-refractivity contribution in [1.82, 2.24) is 19.1 Å². The molecule has 4 aromatic carbocycles. The van der Waals surface area contributed by atoms with Crippen molar-refractivity contribution < 1.29 is 0 Å². The third-order valence-corrected chi connectivity index (χ3v) is 9.33. The van der Waals surface area contributed by atoms with E-state index in [9.17, 15) is 0 Å². The van der Waals surface area contributed by atoms with Gasteiger partial charge in [0.1, 0.15) is 0 Å². The lowest BCUT2D eigenvalue weighted by Gasteiger charge is -2.14. The Morgan fingerprint density at radius 2 is 0.795 bits per heavy atom. The minimum absolute atomic E-state index is 0.983. The van der Waals surface area contributed by atoms with E-state index in [1.807, 2.05) is 36.7 Å². The van der Waals surface area contributed by atoms with Crippen LogP contribution in [0.25, 0.3) is 66.5 Å². The Bertz CT molecular complexity index is 2160. The quantitative estimate of drug-likeness (QED) is 0.212. The van der Waals surface area contributed by atoms with Gasteiger partial charge in [0.25, 0.3) is 0 Å². The second-order valence-corrected chi connectivity index (χ2v) is 11.6. The zero-order valence-corrected chi connectivity index (χ0v) is 25.3. The van der Waals surface area contributed by atoms with Crippen LogP contribution in [-0.2, 0) is 0 Å². The first-order chi connectivity index (χ1) is 21.5. The van der Waals surface area contributed by atoms with E-state index >= 15 is 0 Å². The van der Waals surface area contributed by atoms with Crippen molar-refractivity contribution >= 4 is 32.6 Å². The number of pyridine rings is 2. The Balaban J connectivity index is 1.35. The zero-order chi connectivity index (χ0) is 29.9. The maximum absolute atomic E-state index is 4.54. The number of hydrogen-bond acceptors (Lipinski definition) is 2. The number of aromatic nitrogens is 4. The molecule has 0 saturated heterocycles. The third-order valence-electron chi connectivity index (χ3n) is 9.33. The molecule has 8 aromatic rings. The Morgan fingerprint density at radius 1 is 0.409 bits per heavy atom. The molecule has 4 heteroatoms. The van der Waals surface area contributed by atoms with Crippen molar-refractivity contribution in [2.24, 2.45) is 0 Å². The minimum atomic E-state index is 0.983. The molecule has 0 aliphatic rings. The Labute approximate surface area is 256 Å². The molecule has 0 unspecified atom stereocenters. The van der Waals surface area contributed by atoms with Crippen LogP contribution in [0.5, 0.6) is 0 Å². The summed E-state index contributed by atoms with van der Waals surface area (Å²) in [6.07, 6.45) is 3.69. The predicted octanol–water partition coefficient (Wildman–Crippen LogP) is 10.1. The van der Waals surface area contributed by atoms with Crippen molar-refractivity contribution in [1.29, 1.82) is 0 Å². The number of benzene rings is 4. The van der Waals surface area contributed by atoms with Gasteiger partial charge in [-0.05, 0) is 87.4 Å². The summed E-state index contributed by atoms with van der Waals surface area (Å²) in [7, 11) is 0. The highest BCUT2D eigenvalue weighted by atomic mass is 15.0. The Morgan fingerprint density at radius 3 is 1.16 bits per heavy atom. The van der Waals surface area contributed by atoms with Gasteiger partial charge < -0.3 is 9.13 Å². The summed E-state index contributed by atoms with van der Waals surface area (Å²) in [4.78, 5) is 9.09. The third kappa shape index (κ3) is 3.91. The zero-order valence-electron chi connectivity index (χ0n) is 25.3. The lowest BCUT2D eigenvalue weighted by molar-refractivity contribution is 1.04. The van der Waals surface area contributed by atoms with Crippen LogP contribution < -0.4 is 0 Å². The summed E-state index contributed by atoms with van der Waals surface area (Å²) in [5.74, 6) is 0. The molecule has 0 aliphatic carbocycles. The molecular weight excluding hydrogens is 536 g/mol. The highest BCUT2D eigenvalue weighted by Gasteiger charge is 2.20. The maximum atomic E-state index is 4.54. The molecular formula is C40H32N4. The monoisotopic (exact) mass is 568 g/mol. The van der Waals surface area contributed by atoms with Crippen molar-refractivity contribution in [3.8, 4) is 33.9 Å². The minimum Gasteiger partial charge on any atom is -0.313 e. The molecule has 8 rings (SSSR count). The molecule has 44 heavy (non-hydrogen) atoms. The van der Waals surface area contributed by atoms with Crippen molar-refractivity contribution in [2.45, 2.75) is 27.7 Å². The molecule has 0 fully saturated rings. The first kappa shape index (κ1) is 26.2. The number of aryl methyl sites for hydroxylation is 2. The topological polar surface area (TPSA) is 35.6 Å². The largest absolute Gasteiger partial charge is 0.313 e. The molecule has 0 N–H and O–H groups in total. The Hall–Kier alpha value is -5.48. The first-order valence-electron chi connectivity index (χ1n) is 15.1. The van der Waals surface area contributed by atoms with Gasteiger partial charge in [-0.2, -0.15) is 0 Å². The first-order valence-corrected chi connectivity index (χ1v) is 15.1. The molecule has 0 saturated carbocycles. The maximum Gasteiger partial charge on any atom is 0.0701 e. The smallest absolute Gasteiger partial charge is 0.0701 e. The standard InChI is InChI=1S/C40H32N4/c1-25-27(3)43(31-15-11-29(12-16-31)37-9-5-7-23-41-37)39-33(25)19-21-36-35(39)22-20-34-26(2)28(4)44(40(34)36)32-17-13-30(14-18-32)38-10-6-8-24-42-38/h5-24H,1-4H3. The van der Waals surface area contributed by atoms with Gasteiger partial charge in [-0.25, -0.2) is 0 Å². The van der Waals surface area contributed by atoms with Crippen LogP contribution in [0.1, 0.15) is 22.5 Å². The summed E-state index contributed by atoms with van der Waals surface area (Å²) >= 11 is 0. The van der Waals surface area contributed by atoms with E-state index in [0.29, 0.717) is 0 Å². The SMILES string of the molecule is Cc1c(C)n(-c2ccc(-c3ccccn3)cc2)c2c1ccc1c2ccc2c(C)c(C)n(-c3ccc(-c4ccccn4)cc3)c21. The van der Waals surface area contributed by atoms with Gasteiger partial charge in [0.15, 0.2) is 0 Å². The fourth-order valence-electron chi connectivity index (χ4n) is 6.80. The molecule has 0 spiro atoms. The molecule has 4 heterocycles. The summed E-state index contributed by atoms with van der Waals surface area (Å²) in [5.41, 5.74) is 14.1. The summed E-state index contributed by atoms with van der Waals surface area (Å²) in [6.45, 7) is 8.93. The van der Waals surface area contributed by atoms with E-state index < -0.39 is 0 Å². The number of fused-ring (bicyclic) bond motifs is 5. The van der Waals surface area contributed by atoms with Crippen LogP contribution in [0, 0.1) is 27.7 Å². The second kappa shape index (κ2) is 10.1. The number of hydrogen-bond donors (Lipinski definition) is 0. The summed E-state index contributed by atoms with van der Waals surface area (Å²) < 4.78 is 4.85. The molecule has 4 nitrogen and oxygen atoms in total. The fourth-order valence-corrected chi connectivity index (χ4v) is 6.80. The molecule has 0 bridgehead atoms. The van der Waals surface area contributed by atoms with Crippen LogP contribution in [0.3, 0.4) is 0 Å². The van der Waals surface area contributed by atoms with E-state index in [2.05, 4.69) is 132 Å². The molecule has 0 amide bonds. The van der Waals surface area contributed by atoms with Crippen LogP contribution in [0.2, 0.25) is 0 Å². The average Bonchev–Trinajstić information content (AvgIpc) is 3.50. The Kier molecular flexibility index (Phi) is 5.98. The van der Waals surface area contributed by atoms with E-state index in [-0.39, 0.29) is 0 Å². The summed E-state index contributed by atoms with van der Waals surface area (Å²) in [6, 6.07) is 38.9. The van der Waals surface area contributed by atoms with Gasteiger partial charge >= 0.3 is 0 Å². The van der Waals surface area contributed by atoms with Gasteiger partial charge in [0.2, 0.25) is 0 Å². The van der Waals surface area contributed by atoms with E-state index in [0.717, 1.165) is 33.9 Å². The average molecular weight is 569 g/mol. The lowest BCUT2D eigenvalue weighted by Crippen LogP contribution is -1.99. The van der Waals surface area contributed by atoms with E-state index in [4.69, 9.17) is 0 Å². The predicted molar refractivity (Wildman–Crippen MR) is 183 cm³/mol. The van der Waals surface area contributed by atoms with Crippen molar-refractivity contribution in [3.63, 3.8) is 0 Å². The normalized spacial score (nSPS) is 11.6. The van der Waals surface area contributed by atoms with Gasteiger partial charge in [0, 0.05) is 67.8 Å². The molecule has 4 aromatic heterocycles. The fraction of sp³-hybridized carbons (Fsp3) is 0.100. The highest BCUT2D eigenvalue weighted by molar-refractivity contribution is 6.17. The van der Waals surface area contributed by atoms with Crippen LogP contribution in [0.15, 0.2) is 122 Å². The van der Waals surface area contributed by atoms with E-state index in [1.54, 1.807) is 0 Å². The van der Waals surface area contributed by atoms with Gasteiger partial charge in [0.05, 0.1) is 22.4 Å². The molecule has 0 atom stereocenters. The number of nitrogens with zero attached hydrogens (tertiary/aromatic N) is 4.